The van der Waals surface area contributed by atoms with Crippen LogP contribution in [0.15, 0.2) is 24.3 Å². The molecule has 94 valence electrons. The molecular weight excluding hydrogens is 373 g/mol. The van der Waals surface area contributed by atoms with Crippen molar-refractivity contribution >= 4 is 38.7 Å². The second-order valence-corrected chi connectivity index (χ2v) is 5.54. The van der Waals surface area contributed by atoms with Crippen LogP contribution in [0.5, 0.6) is 5.75 Å². The quantitative estimate of drug-likeness (QED) is 0.375. The lowest BCUT2D eigenvalue weighted by molar-refractivity contribution is -0.151. The molecule has 0 atom stereocenters. The Morgan fingerprint density at radius 1 is 1.29 bits per heavy atom. The maximum Gasteiger partial charge on any atom is 0.466 e. The van der Waals surface area contributed by atoms with Crippen LogP contribution in [-0.2, 0) is 14.9 Å². The number of benzene rings is 1. The number of alkyl halides is 2. The number of ether oxygens (including phenoxy) is 1. The molecule has 0 amide bonds. The number of hydrogen-bond donors (Lipinski definition) is 1. The summed E-state index contributed by atoms with van der Waals surface area (Å²) in [7, 11) is -5.84. The highest BCUT2D eigenvalue weighted by atomic mass is 127. The molecule has 1 aromatic rings. The molecule has 1 N–H and O–H groups in total. The van der Waals surface area contributed by atoms with Crippen LogP contribution < -0.4 is 4.74 Å². The minimum atomic E-state index is -5.84. The molecule has 9 heteroatoms. The van der Waals surface area contributed by atoms with E-state index in [-0.39, 0.29) is 5.75 Å². The maximum atomic E-state index is 12.8. The minimum Gasteiger partial charge on any atom is -0.421 e. The van der Waals surface area contributed by atoms with Crippen molar-refractivity contribution in [2.45, 2.75) is 5.25 Å². The molecule has 1 rings (SSSR count). The van der Waals surface area contributed by atoms with Crippen LogP contribution in [0.4, 0.5) is 8.78 Å². The lowest BCUT2D eigenvalue weighted by Gasteiger charge is -2.11. The molecule has 0 saturated carbocycles. The fourth-order valence-corrected chi connectivity index (χ4v) is 1.39. The van der Waals surface area contributed by atoms with E-state index >= 15 is 0 Å². The lowest BCUT2D eigenvalue weighted by Crippen LogP contribution is -2.40. The van der Waals surface area contributed by atoms with E-state index in [1.807, 2.05) is 22.6 Å². The number of carbonyl (C=O) groups is 1. The van der Waals surface area contributed by atoms with Crippen LogP contribution in [0.3, 0.4) is 0 Å². The predicted molar refractivity (Wildman–Crippen MR) is 61.3 cm³/mol. The van der Waals surface area contributed by atoms with Crippen LogP contribution in [0.25, 0.3) is 0 Å². The van der Waals surface area contributed by atoms with Gasteiger partial charge in [0.1, 0.15) is 5.75 Å². The summed E-state index contributed by atoms with van der Waals surface area (Å²) < 4.78 is 59.1. The lowest BCUT2D eigenvalue weighted by atomic mass is 10.3. The molecule has 0 aliphatic rings. The third kappa shape index (κ3) is 3.33. The van der Waals surface area contributed by atoms with Crippen molar-refractivity contribution < 1.29 is 31.3 Å². The topological polar surface area (TPSA) is 80.7 Å². The molecule has 0 bridgehead atoms. The number of halogens is 3. The van der Waals surface area contributed by atoms with Crippen molar-refractivity contribution in [2.75, 3.05) is 0 Å². The first kappa shape index (κ1) is 14.3. The second kappa shape index (κ2) is 4.82. The fourth-order valence-electron chi connectivity index (χ4n) is 0.774. The molecule has 0 aromatic heterocycles. The van der Waals surface area contributed by atoms with Gasteiger partial charge in [0.15, 0.2) is 0 Å². The molecule has 17 heavy (non-hydrogen) atoms. The summed E-state index contributed by atoms with van der Waals surface area (Å²) in [6.07, 6.45) is 0. The number of hydrogen-bond acceptors (Lipinski definition) is 4. The van der Waals surface area contributed by atoms with E-state index < -0.39 is 21.3 Å². The zero-order chi connectivity index (χ0) is 13.3. The normalized spacial score (nSPS) is 12.2. The Morgan fingerprint density at radius 2 is 1.76 bits per heavy atom. The third-order valence-electron chi connectivity index (χ3n) is 1.59. The van der Waals surface area contributed by atoms with Crippen LogP contribution >= 0.6 is 22.6 Å². The SMILES string of the molecule is O=C(Oc1ccc(I)cc1)C(F)(F)S(=O)(=O)O. The van der Waals surface area contributed by atoms with Gasteiger partial charge in [0, 0.05) is 3.57 Å². The summed E-state index contributed by atoms with van der Waals surface area (Å²) in [6.45, 7) is 0. The van der Waals surface area contributed by atoms with E-state index in [2.05, 4.69) is 4.74 Å². The molecule has 0 aliphatic carbocycles. The Bertz CT molecular complexity index is 525. The van der Waals surface area contributed by atoms with E-state index in [0.29, 0.717) is 0 Å². The summed E-state index contributed by atoms with van der Waals surface area (Å²) in [5, 5.41) is -4.99. The van der Waals surface area contributed by atoms with Crippen LogP contribution in [0.1, 0.15) is 0 Å². The van der Waals surface area contributed by atoms with Crippen molar-refractivity contribution in [3.8, 4) is 5.75 Å². The zero-order valence-electron chi connectivity index (χ0n) is 7.93. The molecule has 0 heterocycles. The van der Waals surface area contributed by atoms with E-state index in [9.17, 15) is 22.0 Å². The van der Waals surface area contributed by atoms with Crippen molar-refractivity contribution in [3.05, 3.63) is 27.8 Å². The van der Waals surface area contributed by atoms with Crippen molar-refractivity contribution in [1.29, 1.82) is 0 Å². The summed E-state index contributed by atoms with van der Waals surface area (Å²) in [6, 6.07) is 5.35. The Morgan fingerprint density at radius 3 is 2.18 bits per heavy atom. The minimum absolute atomic E-state index is 0.251. The van der Waals surface area contributed by atoms with E-state index in [1.54, 1.807) is 0 Å². The first-order valence-electron chi connectivity index (χ1n) is 3.97. The summed E-state index contributed by atoms with van der Waals surface area (Å²) in [5.74, 6) is -2.61. The zero-order valence-corrected chi connectivity index (χ0v) is 10.9. The summed E-state index contributed by atoms with van der Waals surface area (Å²) >= 11 is 1.93. The van der Waals surface area contributed by atoms with Gasteiger partial charge in [0.05, 0.1) is 0 Å². The van der Waals surface area contributed by atoms with Gasteiger partial charge >= 0.3 is 21.3 Å². The monoisotopic (exact) mass is 378 g/mol. The molecule has 5 nitrogen and oxygen atoms in total. The molecular formula is C8H5F2IO5S. The number of carbonyl (C=O) groups excluding carboxylic acids is 1. The van der Waals surface area contributed by atoms with Gasteiger partial charge in [-0.05, 0) is 46.9 Å². The van der Waals surface area contributed by atoms with Crippen LogP contribution in [-0.4, -0.2) is 24.2 Å². The molecule has 0 fully saturated rings. The van der Waals surface area contributed by atoms with Crippen LogP contribution in [0.2, 0.25) is 0 Å². The average molecular weight is 378 g/mol. The molecule has 0 spiro atoms. The van der Waals surface area contributed by atoms with E-state index in [4.69, 9.17) is 4.55 Å². The van der Waals surface area contributed by atoms with Gasteiger partial charge in [-0.2, -0.15) is 17.2 Å². The van der Waals surface area contributed by atoms with Crippen LogP contribution in [0, 0.1) is 3.57 Å². The molecule has 1 aromatic carbocycles. The molecule has 0 saturated heterocycles. The molecule has 0 unspecified atom stereocenters. The largest absolute Gasteiger partial charge is 0.466 e. The Kier molecular flexibility index (Phi) is 4.04. The first-order chi connectivity index (χ1) is 7.64. The number of rotatable bonds is 3. The van der Waals surface area contributed by atoms with Gasteiger partial charge < -0.3 is 4.74 Å². The highest BCUT2D eigenvalue weighted by Gasteiger charge is 2.54. The second-order valence-electron chi connectivity index (χ2n) is 2.84. The van der Waals surface area contributed by atoms with Gasteiger partial charge in [-0.25, -0.2) is 4.79 Å². The van der Waals surface area contributed by atoms with Gasteiger partial charge in [0.25, 0.3) is 0 Å². The van der Waals surface area contributed by atoms with Crippen molar-refractivity contribution in [3.63, 3.8) is 0 Å². The molecule has 0 radical (unpaired) electrons. The first-order valence-corrected chi connectivity index (χ1v) is 6.49. The van der Waals surface area contributed by atoms with E-state index in [0.717, 1.165) is 3.57 Å². The number of esters is 1. The average Bonchev–Trinajstić information content (AvgIpc) is 2.19. The van der Waals surface area contributed by atoms with Gasteiger partial charge in [-0.15, -0.1) is 0 Å². The maximum absolute atomic E-state index is 12.8. The highest BCUT2D eigenvalue weighted by Crippen LogP contribution is 2.24. The standard InChI is InChI=1S/C8H5F2IO5S/c9-8(10,17(13,14)15)7(12)16-6-3-1-5(11)2-4-6/h1-4H,(H,13,14,15). The van der Waals surface area contributed by atoms with Crippen molar-refractivity contribution in [2.24, 2.45) is 0 Å². The summed E-state index contributed by atoms with van der Waals surface area (Å²) in [5.41, 5.74) is 0. The molecule has 0 aliphatic heterocycles. The van der Waals surface area contributed by atoms with E-state index in [1.165, 1.54) is 24.3 Å². The Labute approximate surface area is 109 Å². The van der Waals surface area contributed by atoms with Gasteiger partial charge in [-0.1, -0.05) is 0 Å². The third-order valence-corrected chi connectivity index (χ3v) is 3.12. The fraction of sp³-hybridized carbons (Fsp3) is 0.125. The van der Waals surface area contributed by atoms with Gasteiger partial charge in [0.2, 0.25) is 0 Å². The highest BCUT2D eigenvalue weighted by molar-refractivity contribution is 14.1. The predicted octanol–water partition coefficient (Wildman–Crippen LogP) is 1.68. The smallest absolute Gasteiger partial charge is 0.421 e. The van der Waals surface area contributed by atoms with Gasteiger partial charge in [-0.3, -0.25) is 4.55 Å². The van der Waals surface area contributed by atoms with Crippen molar-refractivity contribution in [1.82, 2.24) is 0 Å². The Balaban J connectivity index is 2.90. The Hall–Kier alpha value is -0.810. The summed E-state index contributed by atoms with van der Waals surface area (Å²) in [4.78, 5) is 10.9.